The van der Waals surface area contributed by atoms with Gasteiger partial charge in [0.2, 0.25) is 0 Å². The van der Waals surface area contributed by atoms with Gasteiger partial charge in [0.15, 0.2) is 0 Å². The maximum atomic E-state index is 12.0. The SMILES string of the molecule is CO[C@@H]1CC[C@@]2(OC)CCN(CCn3c(=O)cc(C)[nH]c3=O)[C@H]2C1. The summed E-state index contributed by atoms with van der Waals surface area (Å²) in [7, 11) is 3.55. The summed E-state index contributed by atoms with van der Waals surface area (Å²) >= 11 is 0. The van der Waals surface area contributed by atoms with Crippen LogP contribution in [0, 0.1) is 6.92 Å². The summed E-state index contributed by atoms with van der Waals surface area (Å²) < 4.78 is 12.7. The Morgan fingerprint density at radius 3 is 2.75 bits per heavy atom. The molecule has 3 atom stereocenters. The van der Waals surface area contributed by atoms with Crippen LogP contribution < -0.4 is 11.2 Å². The van der Waals surface area contributed by atoms with Gasteiger partial charge in [0.1, 0.15) is 0 Å². The molecule has 0 amide bonds. The number of nitrogens with zero attached hydrogens (tertiary/aromatic N) is 2. The summed E-state index contributed by atoms with van der Waals surface area (Å²) in [5.74, 6) is 0. The summed E-state index contributed by atoms with van der Waals surface area (Å²) in [6.07, 6.45) is 4.19. The molecule has 1 saturated heterocycles. The molecule has 3 rings (SSSR count). The summed E-state index contributed by atoms with van der Waals surface area (Å²) in [6, 6.07) is 1.74. The molecule has 1 aromatic heterocycles. The molecule has 24 heavy (non-hydrogen) atoms. The fourth-order valence-corrected chi connectivity index (χ4v) is 4.31. The van der Waals surface area contributed by atoms with Crippen LogP contribution >= 0.6 is 0 Å². The fraction of sp³-hybridized carbons (Fsp3) is 0.765. The van der Waals surface area contributed by atoms with E-state index < -0.39 is 0 Å². The number of nitrogens with one attached hydrogen (secondary N) is 1. The quantitative estimate of drug-likeness (QED) is 0.847. The van der Waals surface area contributed by atoms with Gasteiger partial charge in [-0.15, -0.1) is 0 Å². The number of hydrogen-bond donors (Lipinski definition) is 1. The molecule has 0 spiro atoms. The second-order valence-electron chi connectivity index (χ2n) is 6.95. The molecule has 0 radical (unpaired) electrons. The van der Waals surface area contributed by atoms with Crippen molar-refractivity contribution in [1.82, 2.24) is 14.5 Å². The van der Waals surface area contributed by atoms with Crippen LogP contribution in [0.1, 0.15) is 31.4 Å². The Balaban J connectivity index is 1.74. The minimum absolute atomic E-state index is 0.111. The summed E-state index contributed by atoms with van der Waals surface area (Å²) in [5.41, 5.74) is -0.0989. The van der Waals surface area contributed by atoms with Crippen LogP contribution in [-0.2, 0) is 16.0 Å². The number of hydrogen-bond acceptors (Lipinski definition) is 5. The molecule has 2 fully saturated rings. The van der Waals surface area contributed by atoms with Gasteiger partial charge in [0.25, 0.3) is 5.56 Å². The van der Waals surface area contributed by atoms with Gasteiger partial charge in [0, 0.05) is 51.7 Å². The zero-order valence-electron chi connectivity index (χ0n) is 14.7. The number of methoxy groups -OCH3 is 2. The van der Waals surface area contributed by atoms with Gasteiger partial charge in [-0.25, -0.2) is 4.79 Å². The van der Waals surface area contributed by atoms with Gasteiger partial charge in [-0.05, 0) is 32.6 Å². The van der Waals surface area contributed by atoms with Gasteiger partial charge in [-0.2, -0.15) is 0 Å². The average molecular weight is 337 g/mol. The standard InChI is InChI=1S/C17H27N3O4/c1-12-10-15(21)20(16(22)18-12)9-8-19-7-6-17(24-3)5-4-13(23-2)11-14(17)19/h10,13-14H,4-9,11H2,1-3H3,(H,18,22)/t13-,14+,17-/m1/s1. The molecule has 0 aromatic carbocycles. The normalized spacial score (nSPS) is 30.5. The molecule has 1 aromatic rings. The van der Waals surface area contributed by atoms with Crippen LogP contribution in [0.5, 0.6) is 0 Å². The lowest BCUT2D eigenvalue weighted by Gasteiger charge is -2.43. The van der Waals surface area contributed by atoms with Crippen LogP contribution in [0.25, 0.3) is 0 Å². The van der Waals surface area contributed by atoms with E-state index in [0.717, 1.165) is 32.2 Å². The number of H-pyrrole nitrogens is 1. The predicted octanol–water partition coefficient (Wildman–Crippen LogP) is 0.503. The highest BCUT2D eigenvalue weighted by Crippen LogP contribution is 2.42. The maximum Gasteiger partial charge on any atom is 0.328 e. The van der Waals surface area contributed by atoms with Crippen molar-refractivity contribution in [3.05, 3.63) is 32.6 Å². The minimum atomic E-state index is -0.337. The van der Waals surface area contributed by atoms with E-state index >= 15 is 0 Å². The van der Waals surface area contributed by atoms with Crippen molar-refractivity contribution in [3.63, 3.8) is 0 Å². The molecular weight excluding hydrogens is 310 g/mol. The number of likely N-dealkylation sites (tertiary alicyclic amines) is 1. The first kappa shape index (κ1) is 17.4. The molecule has 2 aliphatic rings. The van der Waals surface area contributed by atoms with Gasteiger partial charge < -0.3 is 14.5 Å². The lowest BCUT2D eigenvalue weighted by molar-refractivity contribution is -0.0939. The number of ether oxygens (including phenoxy) is 2. The second kappa shape index (κ2) is 6.82. The Morgan fingerprint density at radius 1 is 1.29 bits per heavy atom. The first-order valence-corrected chi connectivity index (χ1v) is 8.62. The highest BCUT2D eigenvalue weighted by atomic mass is 16.5. The van der Waals surface area contributed by atoms with Crippen LogP contribution in [0.4, 0.5) is 0 Å². The van der Waals surface area contributed by atoms with E-state index in [0.29, 0.717) is 18.8 Å². The Labute approximate surface area is 141 Å². The molecule has 0 bridgehead atoms. The fourth-order valence-electron chi connectivity index (χ4n) is 4.31. The molecule has 1 N–H and O–H groups in total. The van der Waals surface area contributed by atoms with Crippen molar-refractivity contribution in [2.24, 2.45) is 0 Å². The number of rotatable bonds is 5. The van der Waals surface area contributed by atoms with Crippen LogP contribution in [-0.4, -0.2) is 59.5 Å². The molecule has 134 valence electrons. The third-order valence-corrected chi connectivity index (χ3v) is 5.75. The maximum absolute atomic E-state index is 12.0. The third kappa shape index (κ3) is 3.08. The molecule has 0 unspecified atom stereocenters. The van der Waals surface area contributed by atoms with E-state index in [1.54, 1.807) is 21.1 Å². The molecular formula is C17H27N3O4. The second-order valence-corrected chi connectivity index (χ2v) is 6.95. The van der Waals surface area contributed by atoms with Crippen molar-refractivity contribution < 1.29 is 9.47 Å². The van der Waals surface area contributed by atoms with Crippen molar-refractivity contribution in [2.45, 2.75) is 56.9 Å². The zero-order valence-corrected chi connectivity index (χ0v) is 14.7. The molecule has 1 saturated carbocycles. The summed E-state index contributed by atoms with van der Waals surface area (Å²) in [5, 5.41) is 0. The lowest BCUT2D eigenvalue weighted by atomic mass is 9.79. The molecule has 1 aliphatic carbocycles. The van der Waals surface area contributed by atoms with Crippen molar-refractivity contribution in [3.8, 4) is 0 Å². The molecule has 1 aliphatic heterocycles. The van der Waals surface area contributed by atoms with E-state index in [1.807, 2.05) is 0 Å². The number of aryl methyl sites for hydroxylation is 1. The monoisotopic (exact) mass is 337 g/mol. The Kier molecular flexibility index (Phi) is 4.94. The molecule has 7 nitrogen and oxygen atoms in total. The Bertz CT molecular complexity index is 667. The molecule has 2 heterocycles. The van der Waals surface area contributed by atoms with Crippen molar-refractivity contribution in [2.75, 3.05) is 27.3 Å². The van der Waals surface area contributed by atoms with Gasteiger partial charge in [0.05, 0.1) is 11.7 Å². The number of fused-ring (bicyclic) bond motifs is 1. The van der Waals surface area contributed by atoms with E-state index in [2.05, 4.69) is 9.88 Å². The van der Waals surface area contributed by atoms with Gasteiger partial charge >= 0.3 is 5.69 Å². The van der Waals surface area contributed by atoms with E-state index in [1.165, 1.54) is 10.6 Å². The highest BCUT2D eigenvalue weighted by molar-refractivity contribution is 5.05. The van der Waals surface area contributed by atoms with Crippen LogP contribution in [0.3, 0.4) is 0 Å². The topological polar surface area (TPSA) is 76.6 Å². The average Bonchev–Trinajstić information content (AvgIpc) is 2.92. The Morgan fingerprint density at radius 2 is 2.08 bits per heavy atom. The van der Waals surface area contributed by atoms with E-state index in [-0.39, 0.29) is 29.0 Å². The van der Waals surface area contributed by atoms with E-state index in [4.69, 9.17) is 9.47 Å². The Hall–Kier alpha value is -1.44. The third-order valence-electron chi connectivity index (χ3n) is 5.75. The first-order chi connectivity index (χ1) is 11.5. The largest absolute Gasteiger partial charge is 0.381 e. The number of aromatic amines is 1. The predicted molar refractivity (Wildman–Crippen MR) is 90.4 cm³/mol. The van der Waals surface area contributed by atoms with E-state index in [9.17, 15) is 9.59 Å². The summed E-state index contributed by atoms with van der Waals surface area (Å²) in [6.45, 7) is 3.70. The highest BCUT2D eigenvalue weighted by Gasteiger charge is 2.50. The van der Waals surface area contributed by atoms with Crippen molar-refractivity contribution in [1.29, 1.82) is 0 Å². The summed E-state index contributed by atoms with van der Waals surface area (Å²) in [4.78, 5) is 29.1. The minimum Gasteiger partial charge on any atom is -0.381 e. The first-order valence-electron chi connectivity index (χ1n) is 8.62. The lowest BCUT2D eigenvalue weighted by Crippen LogP contribution is -2.52. The number of aromatic nitrogens is 2. The molecule has 7 heteroatoms. The van der Waals surface area contributed by atoms with Crippen LogP contribution in [0.15, 0.2) is 15.7 Å². The van der Waals surface area contributed by atoms with Gasteiger partial charge in [-0.3, -0.25) is 14.3 Å². The van der Waals surface area contributed by atoms with Gasteiger partial charge in [-0.1, -0.05) is 0 Å². The zero-order chi connectivity index (χ0) is 17.3. The van der Waals surface area contributed by atoms with Crippen molar-refractivity contribution >= 4 is 0 Å². The smallest absolute Gasteiger partial charge is 0.328 e. The van der Waals surface area contributed by atoms with Crippen LogP contribution in [0.2, 0.25) is 0 Å².